The van der Waals surface area contributed by atoms with Gasteiger partial charge in [-0.2, -0.15) is 5.10 Å². The Hall–Kier alpha value is -2.70. The highest BCUT2D eigenvalue weighted by Gasteiger charge is 2.35. The number of carbonyl (C=O) groups excluding carboxylic acids is 1. The van der Waals surface area contributed by atoms with Crippen molar-refractivity contribution in [1.82, 2.24) is 15.1 Å². The Morgan fingerprint density at radius 2 is 1.93 bits per heavy atom. The first-order valence-corrected chi connectivity index (χ1v) is 9.87. The smallest absolute Gasteiger partial charge is 0.271 e. The van der Waals surface area contributed by atoms with Crippen molar-refractivity contribution in [3.63, 3.8) is 0 Å². The van der Waals surface area contributed by atoms with Crippen LogP contribution in [0.1, 0.15) is 28.9 Å². The number of aromatic nitrogens is 2. The minimum Gasteiger partial charge on any atom is -0.381 e. The lowest BCUT2D eigenvalue weighted by Gasteiger charge is -2.38. The molecule has 0 atom stereocenters. The molecule has 0 bridgehead atoms. The molecule has 3 aromatic rings. The summed E-state index contributed by atoms with van der Waals surface area (Å²) in [5, 5.41) is 8.03. The van der Waals surface area contributed by atoms with E-state index in [0.717, 1.165) is 18.4 Å². The van der Waals surface area contributed by atoms with Crippen molar-refractivity contribution >= 4 is 17.5 Å². The molecule has 1 fully saturated rings. The number of benzene rings is 2. The summed E-state index contributed by atoms with van der Waals surface area (Å²) in [6.45, 7) is 1.75. The summed E-state index contributed by atoms with van der Waals surface area (Å²) in [5.74, 6) is -0.569. The van der Waals surface area contributed by atoms with Crippen LogP contribution in [0.25, 0.3) is 5.69 Å². The van der Waals surface area contributed by atoms with E-state index in [2.05, 4.69) is 10.4 Å². The lowest BCUT2D eigenvalue weighted by molar-refractivity contribution is 0.0486. The fraction of sp³-hybridized carbons (Fsp3) is 0.273. The first-order chi connectivity index (χ1) is 14.1. The predicted molar refractivity (Wildman–Crippen MR) is 109 cm³/mol. The third-order valence-corrected chi connectivity index (χ3v) is 5.62. The van der Waals surface area contributed by atoms with Gasteiger partial charge in [-0.25, -0.2) is 9.07 Å². The molecule has 2 heterocycles. The fourth-order valence-electron chi connectivity index (χ4n) is 3.67. The highest BCUT2D eigenvalue weighted by atomic mass is 35.5. The van der Waals surface area contributed by atoms with Gasteiger partial charge < -0.3 is 10.1 Å². The number of halogens is 2. The van der Waals surface area contributed by atoms with E-state index in [1.54, 1.807) is 29.1 Å². The number of carbonyl (C=O) groups is 1. The zero-order valence-corrected chi connectivity index (χ0v) is 16.5. The molecule has 29 heavy (non-hydrogen) atoms. The Kier molecular flexibility index (Phi) is 5.65. The van der Waals surface area contributed by atoms with Crippen molar-refractivity contribution in [3.05, 3.63) is 82.9 Å². The van der Waals surface area contributed by atoms with Crippen LogP contribution in [0.5, 0.6) is 0 Å². The molecule has 1 aliphatic heterocycles. The standard InChI is InChI=1S/C22H21ClFN3O2/c23-17-3-1-2-16(14-17)22(9-12-29-13-10-22)15-25-21(28)20-8-11-27(26-20)19-6-4-18(24)5-7-19/h1-8,11,14H,9-10,12-13,15H2,(H,25,28). The average Bonchev–Trinajstić information content (AvgIpc) is 3.24. The summed E-state index contributed by atoms with van der Waals surface area (Å²) in [5.41, 5.74) is 1.87. The first-order valence-electron chi connectivity index (χ1n) is 9.49. The van der Waals surface area contributed by atoms with Crippen LogP contribution in [0.3, 0.4) is 0 Å². The molecule has 0 spiro atoms. The highest BCUT2D eigenvalue weighted by Crippen LogP contribution is 2.35. The monoisotopic (exact) mass is 413 g/mol. The Morgan fingerprint density at radius 1 is 1.17 bits per heavy atom. The zero-order chi connectivity index (χ0) is 20.3. The maximum atomic E-state index is 13.1. The van der Waals surface area contributed by atoms with Gasteiger partial charge in [0, 0.05) is 36.4 Å². The van der Waals surface area contributed by atoms with Gasteiger partial charge in [0.1, 0.15) is 5.82 Å². The average molecular weight is 414 g/mol. The van der Waals surface area contributed by atoms with Gasteiger partial charge in [0.2, 0.25) is 0 Å². The molecule has 0 aliphatic carbocycles. The van der Waals surface area contributed by atoms with Crippen molar-refractivity contribution in [2.45, 2.75) is 18.3 Å². The molecular formula is C22H21ClFN3O2. The summed E-state index contributed by atoms with van der Waals surface area (Å²) in [4.78, 5) is 12.7. The normalized spacial score (nSPS) is 15.8. The van der Waals surface area contributed by atoms with E-state index in [1.165, 1.54) is 12.1 Å². The van der Waals surface area contributed by atoms with E-state index in [4.69, 9.17) is 16.3 Å². The summed E-state index contributed by atoms with van der Waals surface area (Å²) < 4.78 is 20.2. The van der Waals surface area contributed by atoms with Gasteiger partial charge in [-0.15, -0.1) is 0 Å². The van der Waals surface area contributed by atoms with Gasteiger partial charge in [-0.3, -0.25) is 4.79 Å². The maximum Gasteiger partial charge on any atom is 0.271 e. The molecule has 1 amide bonds. The molecule has 1 aliphatic rings. The second-order valence-electron chi connectivity index (χ2n) is 7.21. The SMILES string of the molecule is O=C(NCC1(c2cccc(Cl)c2)CCOCC1)c1ccn(-c2ccc(F)cc2)n1. The largest absolute Gasteiger partial charge is 0.381 e. The van der Waals surface area contributed by atoms with Crippen molar-refractivity contribution in [2.24, 2.45) is 0 Å². The van der Waals surface area contributed by atoms with Crippen LogP contribution in [-0.2, 0) is 10.2 Å². The van der Waals surface area contributed by atoms with Crippen molar-refractivity contribution in [2.75, 3.05) is 19.8 Å². The van der Waals surface area contributed by atoms with Gasteiger partial charge in [-0.1, -0.05) is 23.7 Å². The van der Waals surface area contributed by atoms with Crippen LogP contribution in [0.15, 0.2) is 60.8 Å². The third kappa shape index (κ3) is 4.33. The Bertz CT molecular complexity index is 997. The minimum atomic E-state index is -0.318. The molecule has 4 rings (SSSR count). The van der Waals surface area contributed by atoms with Gasteiger partial charge in [0.15, 0.2) is 5.69 Å². The summed E-state index contributed by atoms with van der Waals surface area (Å²) in [7, 11) is 0. The number of hydrogen-bond acceptors (Lipinski definition) is 3. The third-order valence-electron chi connectivity index (χ3n) is 5.39. The van der Waals surface area contributed by atoms with E-state index < -0.39 is 0 Å². The Morgan fingerprint density at radius 3 is 2.66 bits per heavy atom. The molecule has 150 valence electrons. The van der Waals surface area contributed by atoms with Crippen molar-refractivity contribution < 1.29 is 13.9 Å². The summed E-state index contributed by atoms with van der Waals surface area (Å²) in [6, 6.07) is 15.4. The maximum absolute atomic E-state index is 13.1. The number of ether oxygens (including phenoxy) is 1. The molecule has 0 unspecified atom stereocenters. The molecule has 7 heteroatoms. The molecule has 1 saturated heterocycles. The molecule has 1 aromatic heterocycles. The van der Waals surface area contributed by atoms with Crippen LogP contribution in [0.4, 0.5) is 4.39 Å². The van der Waals surface area contributed by atoms with E-state index >= 15 is 0 Å². The number of hydrogen-bond donors (Lipinski definition) is 1. The highest BCUT2D eigenvalue weighted by molar-refractivity contribution is 6.30. The predicted octanol–water partition coefficient (Wildman–Crippen LogP) is 4.14. The van der Waals surface area contributed by atoms with Crippen LogP contribution >= 0.6 is 11.6 Å². The molecule has 0 saturated carbocycles. The lowest BCUT2D eigenvalue weighted by atomic mass is 9.74. The molecule has 0 radical (unpaired) electrons. The number of nitrogens with one attached hydrogen (secondary N) is 1. The fourth-order valence-corrected chi connectivity index (χ4v) is 3.86. The second kappa shape index (κ2) is 8.35. The van der Waals surface area contributed by atoms with Crippen LogP contribution in [0, 0.1) is 5.82 Å². The number of nitrogens with zero attached hydrogens (tertiary/aromatic N) is 2. The summed E-state index contributed by atoms with van der Waals surface area (Å²) >= 11 is 6.20. The van der Waals surface area contributed by atoms with Gasteiger partial charge in [0.25, 0.3) is 5.91 Å². The molecular weight excluding hydrogens is 393 g/mol. The van der Waals surface area contributed by atoms with Crippen LogP contribution in [-0.4, -0.2) is 35.4 Å². The second-order valence-corrected chi connectivity index (χ2v) is 7.64. The molecule has 5 nitrogen and oxygen atoms in total. The number of amides is 1. The topological polar surface area (TPSA) is 56.1 Å². The van der Waals surface area contributed by atoms with Gasteiger partial charge in [-0.05, 0) is 60.9 Å². The Labute approximate surface area is 173 Å². The quantitative estimate of drug-likeness (QED) is 0.683. The van der Waals surface area contributed by atoms with Crippen molar-refractivity contribution in [3.8, 4) is 5.69 Å². The number of rotatable bonds is 5. The first kappa shape index (κ1) is 19.6. The van der Waals surface area contributed by atoms with Gasteiger partial charge in [0.05, 0.1) is 5.69 Å². The molecule has 1 N–H and O–H groups in total. The van der Waals surface area contributed by atoms with E-state index in [1.807, 2.05) is 24.3 Å². The van der Waals surface area contributed by atoms with Crippen LogP contribution < -0.4 is 5.32 Å². The van der Waals surface area contributed by atoms with E-state index in [0.29, 0.717) is 36.2 Å². The molecule has 2 aromatic carbocycles. The lowest BCUT2D eigenvalue weighted by Crippen LogP contribution is -2.44. The zero-order valence-electron chi connectivity index (χ0n) is 15.8. The van der Waals surface area contributed by atoms with Crippen LogP contribution in [0.2, 0.25) is 5.02 Å². The van der Waals surface area contributed by atoms with Gasteiger partial charge >= 0.3 is 0 Å². The van der Waals surface area contributed by atoms with E-state index in [-0.39, 0.29) is 17.1 Å². The van der Waals surface area contributed by atoms with E-state index in [9.17, 15) is 9.18 Å². The Balaban J connectivity index is 1.49. The van der Waals surface area contributed by atoms with Crippen molar-refractivity contribution in [1.29, 1.82) is 0 Å². The summed E-state index contributed by atoms with van der Waals surface area (Å²) in [6.07, 6.45) is 3.29. The minimum absolute atomic E-state index is 0.224.